The van der Waals surface area contributed by atoms with Gasteiger partial charge in [-0.1, -0.05) is 81.4 Å². The van der Waals surface area contributed by atoms with Gasteiger partial charge in [0.05, 0.1) is 0 Å². The van der Waals surface area contributed by atoms with Gasteiger partial charge in [-0.3, -0.25) is 0 Å². The topological polar surface area (TPSA) is 9.23 Å². The van der Waals surface area contributed by atoms with E-state index in [1.807, 2.05) is 0 Å². The van der Waals surface area contributed by atoms with Gasteiger partial charge in [-0.25, -0.2) is 0 Å². The molecule has 0 aromatic heterocycles. The minimum absolute atomic E-state index is 0.137. The van der Waals surface area contributed by atoms with Crippen LogP contribution in [-0.2, 0) is 0 Å². The molecule has 0 radical (unpaired) electrons. The Morgan fingerprint density at radius 2 is 1.15 bits per heavy atom. The molecule has 0 aliphatic rings. The normalized spacial score (nSPS) is 12.1. The lowest BCUT2D eigenvalue weighted by Gasteiger charge is -2.38. The molecular weight excluding hydrogens is 459 g/mol. The van der Waals surface area contributed by atoms with Crippen LogP contribution in [0, 0.1) is 3.57 Å². The second-order valence-corrected chi connectivity index (χ2v) is 14.4. The van der Waals surface area contributed by atoms with Crippen molar-refractivity contribution in [3.8, 4) is 28.0 Å². The van der Waals surface area contributed by atoms with Crippen LogP contribution in [0.1, 0.15) is 20.8 Å². The molecule has 0 atom stereocenters. The van der Waals surface area contributed by atoms with Crippen LogP contribution in [0.3, 0.4) is 0 Å². The lowest BCUT2D eigenvalue weighted by molar-refractivity contribution is 0.495. The first-order valence-electron chi connectivity index (χ1n) is 9.32. The largest absolute Gasteiger partial charge is 0.543 e. The van der Waals surface area contributed by atoms with E-state index in [1.165, 1.54) is 25.8 Å². The van der Waals surface area contributed by atoms with Crippen molar-refractivity contribution in [3.05, 3.63) is 76.4 Å². The zero-order valence-electron chi connectivity index (χ0n) is 16.7. The first-order chi connectivity index (χ1) is 12.7. The molecule has 140 valence electrons. The summed E-state index contributed by atoms with van der Waals surface area (Å²) in [6.07, 6.45) is 0. The lowest BCUT2D eigenvalue weighted by atomic mass is 9.97. The molecule has 27 heavy (non-hydrogen) atoms. The Bertz CT molecular complexity index is 852. The fourth-order valence-corrected chi connectivity index (χ4v) is 4.44. The van der Waals surface area contributed by atoms with Crippen LogP contribution in [-0.4, -0.2) is 8.32 Å². The van der Waals surface area contributed by atoms with Crippen molar-refractivity contribution in [1.82, 2.24) is 0 Å². The molecule has 0 aliphatic heterocycles. The van der Waals surface area contributed by atoms with E-state index in [-0.39, 0.29) is 5.04 Å². The molecule has 0 fully saturated rings. The number of hydrogen-bond acceptors (Lipinski definition) is 1. The monoisotopic (exact) mass is 486 g/mol. The minimum atomic E-state index is -1.99. The summed E-state index contributed by atoms with van der Waals surface area (Å²) in [4.78, 5) is 0. The molecule has 0 aliphatic carbocycles. The van der Waals surface area contributed by atoms with E-state index in [2.05, 4.69) is 129 Å². The molecule has 0 saturated heterocycles. The maximum atomic E-state index is 6.93. The third kappa shape index (κ3) is 4.46. The summed E-state index contributed by atoms with van der Waals surface area (Å²) in [5, 5.41) is 0.137. The van der Waals surface area contributed by atoms with E-state index in [1.54, 1.807) is 0 Å². The Labute approximate surface area is 178 Å². The quantitative estimate of drug-likeness (QED) is 0.268. The van der Waals surface area contributed by atoms with Crippen molar-refractivity contribution in [1.29, 1.82) is 0 Å². The van der Waals surface area contributed by atoms with Crippen molar-refractivity contribution in [2.24, 2.45) is 0 Å². The average molecular weight is 486 g/mol. The average Bonchev–Trinajstić information content (AvgIpc) is 2.63. The van der Waals surface area contributed by atoms with E-state index in [0.717, 1.165) is 5.75 Å². The Balaban J connectivity index is 2.27. The van der Waals surface area contributed by atoms with Crippen LogP contribution in [0.5, 0.6) is 5.75 Å². The molecule has 0 unspecified atom stereocenters. The molecule has 3 heteroatoms. The molecule has 0 bridgehead atoms. The van der Waals surface area contributed by atoms with Crippen molar-refractivity contribution in [2.45, 2.75) is 38.9 Å². The maximum Gasteiger partial charge on any atom is 0.250 e. The van der Waals surface area contributed by atoms with Gasteiger partial charge in [0, 0.05) is 14.7 Å². The van der Waals surface area contributed by atoms with Gasteiger partial charge in [-0.2, -0.15) is 0 Å². The molecule has 0 heterocycles. The van der Waals surface area contributed by atoms with Crippen molar-refractivity contribution in [2.75, 3.05) is 0 Å². The summed E-state index contributed by atoms with van der Waals surface area (Å²) in [5.74, 6) is 1.01. The van der Waals surface area contributed by atoms with E-state index < -0.39 is 8.32 Å². The van der Waals surface area contributed by atoms with Crippen molar-refractivity contribution >= 4 is 30.9 Å². The Hall–Kier alpha value is -1.59. The van der Waals surface area contributed by atoms with E-state index in [0.29, 0.717) is 0 Å². The van der Waals surface area contributed by atoms with E-state index >= 15 is 0 Å². The predicted octanol–water partition coefficient (Wildman–Crippen LogP) is 8.01. The van der Waals surface area contributed by atoms with Crippen LogP contribution in [0.25, 0.3) is 22.3 Å². The summed E-state index contributed by atoms with van der Waals surface area (Å²) in [7, 11) is -1.99. The second-order valence-electron chi connectivity index (χ2n) is 8.42. The summed E-state index contributed by atoms with van der Waals surface area (Å²) in [5.41, 5.74) is 4.74. The Morgan fingerprint density at radius 1 is 0.741 bits per heavy atom. The third-order valence-corrected chi connectivity index (χ3v) is 10.3. The van der Waals surface area contributed by atoms with Gasteiger partial charge in [-0.15, -0.1) is 0 Å². The molecule has 0 amide bonds. The van der Waals surface area contributed by atoms with E-state index in [4.69, 9.17) is 4.43 Å². The smallest absolute Gasteiger partial charge is 0.250 e. The van der Waals surface area contributed by atoms with Gasteiger partial charge in [-0.05, 0) is 64.0 Å². The highest BCUT2D eigenvalue weighted by Gasteiger charge is 2.40. The number of benzene rings is 3. The summed E-state index contributed by atoms with van der Waals surface area (Å²) < 4.78 is 8.14. The molecule has 3 aromatic carbocycles. The highest BCUT2D eigenvalue weighted by molar-refractivity contribution is 14.1. The molecule has 0 spiro atoms. The molecule has 0 N–H and O–H groups in total. The van der Waals surface area contributed by atoms with Crippen LogP contribution < -0.4 is 4.43 Å². The highest BCUT2D eigenvalue weighted by atomic mass is 127. The highest BCUT2D eigenvalue weighted by Crippen LogP contribution is 2.45. The van der Waals surface area contributed by atoms with Gasteiger partial charge in [0.1, 0.15) is 5.75 Å². The number of rotatable bonds is 4. The molecular formula is C24H27IOSi. The van der Waals surface area contributed by atoms with Crippen LogP contribution >= 0.6 is 22.6 Å². The van der Waals surface area contributed by atoms with Gasteiger partial charge in [0.25, 0.3) is 8.32 Å². The Kier molecular flexibility index (Phi) is 5.82. The summed E-state index contributed by atoms with van der Waals surface area (Å²) >= 11 is 2.41. The fourth-order valence-electron chi connectivity index (χ4n) is 2.78. The fraction of sp³-hybridized carbons (Fsp3) is 0.250. The van der Waals surface area contributed by atoms with Gasteiger partial charge >= 0.3 is 0 Å². The molecule has 0 saturated carbocycles. The van der Waals surface area contributed by atoms with Crippen molar-refractivity contribution < 1.29 is 4.43 Å². The van der Waals surface area contributed by atoms with Gasteiger partial charge < -0.3 is 4.43 Å². The standard InChI is InChI=1S/C24H27IOSi/c1-24(2,3)27(4,5)26-23-21(18-12-8-6-9-13-18)16-20(25)17-22(23)19-14-10-7-11-15-19/h6-17H,1-5H3. The summed E-state index contributed by atoms with van der Waals surface area (Å²) in [6.45, 7) is 11.5. The Morgan fingerprint density at radius 3 is 1.52 bits per heavy atom. The predicted molar refractivity (Wildman–Crippen MR) is 128 cm³/mol. The summed E-state index contributed by atoms with van der Waals surface area (Å²) in [6, 6.07) is 25.6. The first-order valence-corrected chi connectivity index (χ1v) is 13.3. The number of halogens is 1. The van der Waals surface area contributed by atoms with Crippen LogP contribution in [0.4, 0.5) is 0 Å². The second kappa shape index (κ2) is 7.80. The van der Waals surface area contributed by atoms with Gasteiger partial charge in [0.2, 0.25) is 0 Å². The number of hydrogen-bond donors (Lipinski definition) is 0. The van der Waals surface area contributed by atoms with Crippen molar-refractivity contribution in [3.63, 3.8) is 0 Å². The first kappa shape index (κ1) is 20.1. The lowest BCUT2D eigenvalue weighted by Crippen LogP contribution is -2.44. The zero-order chi connectivity index (χ0) is 19.7. The molecule has 1 nitrogen and oxygen atoms in total. The van der Waals surface area contributed by atoms with E-state index in [9.17, 15) is 0 Å². The van der Waals surface area contributed by atoms with Crippen LogP contribution in [0.2, 0.25) is 18.1 Å². The SMILES string of the molecule is CC(C)(C)[Si](C)(C)Oc1c(-c2ccccc2)cc(I)cc1-c1ccccc1. The third-order valence-electron chi connectivity index (χ3n) is 5.39. The zero-order valence-corrected chi connectivity index (χ0v) is 19.9. The minimum Gasteiger partial charge on any atom is -0.543 e. The van der Waals surface area contributed by atoms with Gasteiger partial charge in [0.15, 0.2) is 0 Å². The maximum absolute atomic E-state index is 6.93. The van der Waals surface area contributed by atoms with Crippen LogP contribution in [0.15, 0.2) is 72.8 Å². The molecule has 3 rings (SSSR count). The molecule has 3 aromatic rings.